The summed E-state index contributed by atoms with van der Waals surface area (Å²) in [5.74, 6) is 0. The molecule has 0 aromatic carbocycles. The smallest absolute Gasteiger partial charge is 0.105 e. The van der Waals surface area contributed by atoms with Crippen LogP contribution in [0.1, 0.15) is 19.0 Å². The van der Waals surface area contributed by atoms with Gasteiger partial charge in [0.1, 0.15) is 5.60 Å². The largest absolute Gasteiger partial charge is 0.384 e. The molecule has 0 aliphatic rings. The summed E-state index contributed by atoms with van der Waals surface area (Å²) in [6, 6.07) is 5.48. The molecule has 12 heavy (non-hydrogen) atoms. The molecule has 1 heterocycles. The molecule has 0 saturated carbocycles. The van der Waals surface area contributed by atoms with Crippen molar-refractivity contribution in [2.24, 2.45) is 5.73 Å². The summed E-state index contributed by atoms with van der Waals surface area (Å²) >= 11 is 0. The van der Waals surface area contributed by atoms with E-state index in [-0.39, 0.29) is 0 Å². The van der Waals surface area contributed by atoms with Crippen LogP contribution in [0.2, 0.25) is 0 Å². The van der Waals surface area contributed by atoms with E-state index in [1.807, 2.05) is 12.1 Å². The van der Waals surface area contributed by atoms with Crippen molar-refractivity contribution in [1.29, 1.82) is 0 Å². The summed E-state index contributed by atoms with van der Waals surface area (Å²) < 4.78 is 0. The van der Waals surface area contributed by atoms with Crippen LogP contribution in [0.4, 0.5) is 0 Å². The van der Waals surface area contributed by atoms with Gasteiger partial charge in [-0.25, -0.2) is 0 Å². The number of aliphatic hydroxyl groups is 1. The van der Waals surface area contributed by atoms with E-state index in [0.29, 0.717) is 18.7 Å². The second kappa shape index (κ2) is 3.65. The Labute approximate surface area is 72.2 Å². The van der Waals surface area contributed by atoms with Crippen LogP contribution in [0.25, 0.3) is 0 Å². The quantitative estimate of drug-likeness (QED) is 0.692. The van der Waals surface area contributed by atoms with Gasteiger partial charge in [-0.3, -0.25) is 4.98 Å². The topological polar surface area (TPSA) is 59.1 Å². The van der Waals surface area contributed by atoms with Crippen LogP contribution >= 0.6 is 0 Å². The van der Waals surface area contributed by atoms with Crippen LogP contribution in [0.3, 0.4) is 0 Å². The zero-order chi connectivity index (χ0) is 9.03. The van der Waals surface area contributed by atoms with Gasteiger partial charge in [0, 0.05) is 6.20 Å². The molecular formula is C9H14N2O. The average molecular weight is 166 g/mol. The Morgan fingerprint density at radius 2 is 2.33 bits per heavy atom. The maximum Gasteiger partial charge on any atom is 0.105 e. The van der Waals surface area contributed by atoms with E-state index in [1.165, 1.54) is 0 Å². The Balaban J connectivity index is 2.82. The maximum absolute atomic E-state index is 9.84. The summed E-state index contributed by atoms with van der Waals surface area (Å²) in [5.41, 5.74) is 5.15. The number of nitrogens with zero attached hydrogens (tertiary/aromatic N) is 1. The fourth-order valence-corrected chi connectivity index (χ4v) is 1.09. The molecule has 0 amide bonds. The molecule has 1 aromatic heterocycles. The molecular weight excluding hydrogens is 152 g/mol. The monoisotopic (exact) mass is 166 g/mol. The Bertz CT molecular complexity index is 234. The third kappa shape index (κ3) is 2.03. The molecule has 0 spiro atoms. The summed E-state index contributed by atoms with van der Waals surface area (Å²) in [6.45, 7) is 2.19. The Kier molecular flexibility index (Phi) is 2.78. The summed E-state index contributed by atoms with van der Waals surface area (Å²) in [5, 5.41) is 9.84. The van der Waals surface area contributed by atoms with Gasteiger partial charge in [-0.2, -0.15) is 0 Å². The molecule has 0 fully saturated rings. The number of aromatic nitrogens is 1. The van der Waals surface area contributed by atoms with E-state index in [0.717, 1.165) is 0 Å². The first-order valence-electron chi connectivity index (χ1n) is 4.01. The van der Waals surface area contributed by atoms with Gasteiger partial charge in [0.05, 0.1) is 5.69 Å². The van der Waals surface area contributed by atoms with Crippen molar-refractivity contribution >= 4 is 0 Å². The predicted molar refractivity (Wildman–Crippen MR) is 47.5 cm³/mol. The van der Waals surface area contributed by atoms with Gasteiger partial charge >= 0.3 is 0 Å². The number of hydrogen-bond acceptors (Lipinski definition) is 3. The molecule has 1 aromatic rings. The van der Waals surface area contributed by atoms with Gasteiger partial charge in [0.15, 0.2) is 0 Å². The third-order valence-electron chi connectivity index (χ3n) is 1.85. The Morgan fingerprint density at radius 3 is 2.83 bits per heavy atom. The number of pyridine rings is 1. The first-order valence-corrected chi connectivity index (χ1v) is 4.01. The maximum atomic E-state index is 9.84. The van der Waals surface area contributed by atoms with Crippen molar-refractivity contribution in [2.75, 3.05) is 6.54 Å². The van der Waals surface area contributed by atoms with Gasteiger partial charge in [-0.1, -0.05) is 6.07 Å². The third-order valence-corrected chi connectivity index (χ3v) is 1.85. The highest BCUT2D eigenvalue weighted by atomic mass is 16.3. The lowest BCUT2D eigenvalue weighted by atomic mass is 9.98. The van der Waals surface area contributed by atoms with E-state index in [4.69, 9.17) is 5.73 Å². The molecule has 3 nitrogen and oxygen atoms in total. The highest BCUT2D eigenvalue weighted by Gasteiger charge is 2.22. The molecule has 0 bridgehead atoms. The van der Waals surface area contributed by atoms with Crippen molar-refractivity contribution in [3.63, 3.8) is 0 Å². The standard InChI is InChI=1S/C9H14N2O/c1-9(12,5-6-10)8-4-2-3-7-11-8/h2-4,7,12H,5-6,10H2,1H3. The minimum atomic E-state index is -0.893. The average Bonchev–Trinajstić information content (AvgIpc) is 2.06. The SMILES string of the molecule is CC(O)(CCN)c1ccccn1. The first kappa shape index (κ1) is 9.16. The van der Waals surface area contributed by atoms with Crippen LogP contribution in [0.15, 0.2) is 24.4 Å². The second-order valence-electron chi connectivity index (χ2n) is 3.03. The number of nitrogens with two attached hydrogens (primary N) is 1. The summed E-state index contributed by atoms with van der Waals surface area (Å²) in [4.78, 5) is 4.06. The van der Waals surface area contributed by atoms with E-state index in [2.05, 4.69) is 4.98 Å². The highest BCUT2D eigenvalue weighted by Crippen LogP contribution is 2.20. The minimum Gasteiger partial charge on any atom is -0.384 e. The fourth-order valence-electron chi connectivity index (χ4n) is 1.09. The van der Waals surface area contributed by atoms with Gasteiger partial charge in [-0.05, 0) is 32.0 Å². The van der Waals surface area contributed by atoms with Gasteiger partial charge in [0.25, 0.3) is 0 Å². The van der Waals surface area contributed by atoms with E-state index in [9.17, 15) is 5.11 Å². The molecule has 0 saturated heterocycles. The fraction of sp³-hybridized carbons (Fsp3) is 0.444. The van der Waals surface area contributed by atoms with Crippen molar-refractivity contribution in [2.45, 2.75) is 18.9 Å². The van der Waals surface area contributed by atoms with Crippen LogP contribution < -0.4 is 5.73 Å². The molecule has 0 aliphatic heterocycles. The molecule has 1 unspecified atom stereocenters. The highest BCUT2D eigenvalue weighted by molar-refractivity contribution is 5.11. The lowest BCUT2D eigenvalue weighted by molar-refractivity contribution is 0.0459. The van der Waals surface area contributed by atoms with E-state index < -0.39 is 5.60 Å². The normalized spacial score (nSPS) is 15.6. The lowest BCUT2D eigenvalue weighted by Gasteiger charge is -2.21. The first-order chi connectivity index (χ1) is 5.67. The van der Waals surface area contributed by atoms with Crippen molar-refractivity contribution < 1.29 is 5.11 Å². The van der Waals surface area contributed by atoms with Crippen molar-refractivity contribution in [3.05, 3.63) is 30.1 Å². The minimum absolute atomic E-state index is 0.462. The molecule has 66 valence electrons. The van der Waals surface area contributed by atoms with Gasteiger partial charge in [0.2, 0.25) is 0 Å². The van der Waals surface area contributed by atoms with Crippen molar-refractivity contribution in [3.8, 4) is 0 Å². The molecule has 3 heteroatoms. The summed E-state index contributed by atoms with van der Waals surface area (Å²) in [7, 11) is 0. The zero-order valence-electron chi connectivity index (χ0n) is 7.20. The van der Waals surface area contributed by atoms with Crippen molar-refractivity contribution in [1.82, 2.24) is 4.98 Å². The van der Waals surface area contributed by atoms with Crippen LogP contribution in [-0.4, -0.2) is 16.6 Å². The Hall–Kier alpha value is -0.930. The van der Waals surface area contributed by atoms with Crippen LogP contribution in [-0.2, 0) is 5.60 Å². The van der Waals surface area contributed by atoms with Gasteiger partial charge in [-0.15, -0.1) is 0 Å². The second-order valence-corrected chi connectivity index (χ2v) is 3.03. The Morgan fingerprint density at radius 1 is 1.58 bits per heavy atom. The van der Waals surface area contributed by atoms with Crippen LogP contribution in [0, 0.1) is 0 Å². The molecule has 0 aliphatic carbocycles. The van der Waals surface area contributed by atoms with E-state index in [1.54, 1.807) is 19.2 Å². The predicted octanol–water partition coefficient (Wildman–Crippen LogP) is 0.638. The molecule has 0 radical (unpaired) electrons. The lowest BCUT2D eigenvalue weighted by Crippen LogP contribution is -2.25. The number of hydrogen-bond donors (Lipinski definition) is 2. The zero-order valence-corrected chi connectivity index (χ0v) is 7.20. The van der Waals surface area contributed by atoms with Gasteiger partial charge < -0.3 is 10.8 Å². The molecule has 1 atom stereocenters. The molecule has 1 rings (SSSR count). The van der Waals surface area contributed by atoms with Crippen LogP contribution in [0.5, 0.6) is 0 Å². The number of rotatable bonds is 3. The molecule has 3 N–H and O–H groups in total. The summed E-state index contributed by atoms with van der Waals surface area (Å²) in [6.07, 6.45) is 2.20. The van der Waals surface area contributed by atoms with E-state index >= 15 is 0 Å².